The molecule has 17 heavy (non-hydrogen) atoms. The van der Waals surface area contributed by atoms with E-state index in [0.29, 0.717) is 0 Å². The normalized spacial score (nSPS) is 13.2. The molecule has 0 aliphatic rings. The Kier molecular flexibility index (Phi) is 3.92. The van der Waals surface area contributed by atoms with Crippen LogP contribution < -0.4 is 10.6 Å². The van der Waals surface area contributed by atoms with Gasteiger partial charge in [-0.05, 0) is 0 Å². The fourth-order valence-corrected chi connectivity index (χ4v) is 3.29. The van der Waals surface area contributed by atoms with E-state index in [1.165, 1.54) is 24.3 Å². The summed E-state index contributed by atoms with van der Waals surface area (Å²) in [6.07, 6.45) is 0. The van der Waals surface area contributed by atoms with Gasteiger partial charge >= 0.3 is 93.2 Å². The van der Waals surface area contributed by atoms with E-state index >= 15 is 0 Å². The maximum atomic E-state index is 10.2. The van der Waals surface area contributed by atoms with E-state index < -0.39 is 7.28 Å². The van der Waals surface area contributed by atoms with Crippen LogP contribution in [0.25, 0.3) is 0 Å². The van der Waals surface area contributed by atoms with Crippen molar-refractivity contribution in [2.45, 2.75) is 0 Å². The van der Waals surface area contributed by atoms with Crippen LogP contribution >= 0.6 is 19.7 Å². The van der Waals surface area contributed by atoms with Crippen LogP contribution in [0.1, 0.15) is 0 Å². The Labute approximate surface area is 106 Å². The van der Waals surface area contributed by atoms with Crippen LogP contribution in [0.3, 0.4) is 0 Å². The molecule has 0 aliphatic carbocycles. The first-order valence-corrected chi connectivity index (χ1v) is 6.96. The standard InChI is InChI=1S/C12H13O3P.ClH/c13-16(14,15,11-7-3-1-4-8-11)12-9-5-2-6-10-12;/h1-10,13-15H;1H. The number of hydrogen-bond acceptors (Lipinski definition) is 3. The predicted octanol–water partition coefficient (Wildman–Crippen LogP) is 1.33. The second kappa shape index (κ2) is 4.73. The Balaban J connectivity index is 0.00000144. The van der Waals surface area contributed by atoms with E-state index in [1.54, 1.807) is 36.4 Å². The maximum absolute atomic E-state index is 10.2. The Morgan fingerprint density at radius 1 is 0.588 bits per heavy atom. The summed E-state index contributed by atoms with van der Waals surface area (Å²) >= 11 is 0. The molecule has 92 valence electrons. The quantitative estimate of drug-likeness (QED) is 0.723. The van der Waals surface area contributed by atoms with Gasteiger partial charge in [-0.1, -0.05) is 0 Å². The fourth-order valence-electron chi connectivity index (χ4n) is 1.55. The first-order valence-electron chi connectivity index (χ1n) is 4.87. The van der Waals surface area contributed by atoms with Crippen LogP contribution in [0.4, 0.5) is 0 Å². The summed E-state index contributed by atoms with van der Waals surface area (Å²) in [6, 6.07) is 16.1. The molecular weight excluding hydrogens is 259 g/mol. The molecule has 0 saturated heterocycles. The molecule has 0 unspecified atom stereocenters. The van der Waals surface area contributed by atoms with E-state index in [1.807, 2.05) is 0 Å². The van der Waals surface area contributed by atoms with Crippen molar-refractivity contribution in [2.75, 3.05) is 0 Å². The zero-order valence-electron chi connectivity index (χ0n) is 8.97. The zero-order chi connectivity index (χ0) is 11.7. The third-order valence-electron chi connectivity index (χ3n) is 2.46. The van der Waals surface area contributed by atoms with Crippen molar-refractivity contribution >= 4 is 30.3 Å². The summed E-state index contributed by atoms with van der Waals surface area (Å²) in [5.74, 6) is 0. The summed E-state index contributed by atoms with van der Waals surface area (Å²) in [7, 11) is -4.93. The molecule has 3 N–H and O–H groups in total. The summed E-state index contributed by atoms with van der Waals surface area (Å²) in [5, 5.41) is 0.277. The van der Waals surface area contributed by atoms with Gasteiger partial charge in [-0.25, -0.2) is 0 Å². The molecule has 0 fully saturated rings. The zero-order valence-corrected chi connectivity index (χ0v) is 10.7. The van der Waals surface area contributed by atoms with Gasteiger partial charge < -0.3 is 0 Å². The Bertz CT molecular complexity index is 436. The van der Waals surface area contributed by atoms with E-state index in [9.17, 15) is 14.7 Å². The molecule has 0 aromatic heterocycles. The molecule has 0 heterocycles. The molecular formula is C12H14ClO3P. The van der Waals surface area contributed by atoms with Crippen molar-refractivity contribution in [3.05, 3.63) is 60.7 Å². The number of hydrogen-bond donors (Lipinski definition) is 3. The summed E-state index contributed by atoms with van der Waals surface area (Å²) in [5.41, 5.74) is 0. The van der Waals surface area contributed by atoms with E-state index in [0.717, 1.165) is 0 Å². The van der Waals surface area contributed by atoms with Gasteiger partial charge in [-0.2, -0.15) is 0 Å². The summed E-state index contributed by atoms with van der Waals surface area (Å²) in [6.45, 7) is 0. The van der Waals surface area contributed by atoms with Crippen LogP contribution in [0.15, 0.2) is 60.7 Å². The number of halogens is 1. The molecule has 0 radical (unpaired) electrons. The van der Waals surface area contributed by atoms with Crippen molar-refractivity contribution in [3.63, 3.8) is 0 Å². The fraction of sp³-hybridized carbons (Fsp3) is 0. The van der Waals surface area contributed by atoms with Gasteiger partial charge in [0.15, 0.2) is 0 Å². The molecule has 2 aromatic rings. The summed E-state index contributed by atoms with van der Waals surface area (Å²) < 4.78 is 0. The van der Waals surface area contributed by atoms with E-state index in [2.05, 4.69) is 0 Å². The van der Waals surface area contributed by atoms with Gasteiger partial charge in [0.05, 0.1) is 0 Å². The third kappa shape index (κ3) is 2.65. The SMILES string of the molecule is Cl.OP(O)(O)(c1ccccc1)c1ccccc1. The Morgan fingerprint density at radius 2 is 0.882 bits per heavy atom. The van der Waals surface area contributed by atoms with Crippen LogP contribution in [0.5, 0.6) is 0 Å². The van der Waals surface area contributed by atoms with Gasteiger partial charge in [0, 0.05) is 0 Å². The third-order valence-corrected chi connectivity index (χ3v) is 4.96. The molecule has 0 aliphatic heterocycles. The Morgan fingerprint density at radius 3 is 1.18 bits per heavy atom. The number of rotatable bonds is 2. The van der Waals surface area contributed by atoms with Crippen LogP contribution in [-0.2, 0) is 0 Å². The molecule has 0 amide bonds. The molecule has 2 rings (SSSR count). The molecule has 3 nitrogen and oxygen atoms in total. The van der Waals surface area contributed by atoms with Gasteiger partial charge in [0.2, 0.25) is 0 Å². The van der Waals surface area contributed by atoms with Crippen LogP contribution in [-0.4, -0.2) is 14.7 Å². The molecule has 0 atom stereocenters. The molecule has 0 spiro atoms. The first-order chi connectivity index (χ1) is 7.49. The van der Waals surface area contributed by atoms with Crippen molar-refractivity contribution in [2.24, 2.45) is 0 Å². The monoisotopic (exact) mass is 272 g/mol. The minimum absolute atomic E-state index is 0. The Hall–Kier alpha value is -0.960. The summed E-state index contributed by atoms with van der Waals surface area (Å²) in [4.78, 5) is 30.5. The van der Waals surface area contributed by atoms with Crippen LogP contribution in [0.2, 0.25) is 0 Å². The molecule has 5 heteroatoms. The molecule has 2 aromatic carbocycles. The molecule has 0 bridgehead atoms. The van der Waals surface area contributed by atoms with Crippen molar-refractivity contribution in [3.8, 4) is 0 Å². The predicted molar refractivity (Wildman–Crippen MR) is 73.0 cm³/mol. The van der Waals surface area contributed by atoms with Crippen molar-refractivity contribution in [1.29, 1.82) is 0 Å². The van der Waals surface area contributed by atoms with Crippen molar-refractivity contribution < 1.29 is 14.7 Å². The average Bonchev–Trinajstić information content (AvgIpc) is 2.31. The minimum atomic E-state index is -4.93. The molecule has 0 saturated carbocycles. The second-order valence-electron chi connectivity index (χ2n) is 3.65. The van der Waals surface area contributed by atoms with Gasteiger partial charge in [-0.15, -0.1) is 12.4 Å². The van der Waals surface area contributed by atoms with E-state index in [-0.39, 0.29) is 23.0 Å². The van der Waals surface area contributed by atoms with Crippen molar-refractivity contribution in [1.82, 2.24) is 0 Å². The number of benzene rings is 2. The second-order valence-corrected chi connectivity index (χ2v) is 6.64. The van der Waals surface area contributed by atoms with Gasteiger partial charge in [0.1, 0.15) is 0 Å². The van der Waals surface area contributed by atoms with E-state index in [4.69, 9.17) is 0 Å². The average molecular weight is 273 g/mol. The first kappa shape index (κ1) is 14.1. The van der Waals surface area contributed by atoms with Gasteiger partial charge in [-0.3, -0.25) is 0 Å². The van der Waals surface area contributed by atoms with Gasteiger partial charge in [0.25, 0.3) is 0 Å². The topological polar surface area (TPSA) is 60.7 Å². The van der Waals surface area contributed by atoms with Crippen LogP contribution in [0, 0.1) is 0 Å².